The number of hydrogen-bond acceptors (Lipinski definition) is 1. The lowest BCUT2D eigenvalue weighted by Crippen LogP contribution is -2.32. The largest absolute Gasteiger partial charge is 0.314 e. The van der Waals surface area contributed by atoms with Crippen LogP contribution in [0.5, 0.6) is 0 Å². The molecule has 2 heteroatoms. The highest BCUT2D eigenvalue weighted by Crippen LogP contribution is 2.38. The Morgan fingerprint density at radius 3 is 2.32 bits per heavy atom. The van der Waals surface area contributed by atoms with E-state index in [0.717, 1.165) is 17.6 Å². The first-order valence-corrected chi connectivity index (χ1v) is 11.2. The molecule has 2 fully saturated rings. The molecule has 1 nitrogen and oxygen atoms in total. The Morgan fingerprint density at radius 1 is 1.00 bits per heavy atom. The van der Waals surface area contributed by atoms with Gasteiger partial charge in [0.15, 0.2) is 0 Å². The van der Waals surface area contributed by atoms with Crippen molar-refractivity contribution < 1.29 is 0 Å². The summed E-state index contributed by atoms with van der Waals surface area (Å²) < 4.78 is 0. The van der Waals surface area contributed by atoms with E-state index in [1.54, 1.807) is 0 Å². The predicted molar refractivity (Wildman–Crippen MR) is 110 cm³/mol. The summed E-state index contributed by atoms with van der Waals surface area (Å²) in [6.45, 7) is 3.46. The average Bonchev–Trinajstić information content (AvgIpc) is 2.67. The molecule has 2 aliphatic rings. The van der Waals surface area contributed by atoms with Crippen LogP contribution in [0.15, 0.2) is 18.2 Å². The lowest BCUT2D eigenvalue weighted by Gasteiger charge is -2.25. The molecule has 0 saturated heterocycles. The van der Waals surface area contributed by atoms with Crippen LogP contribution in [0, 0.1) is 0 Å². The molecule has 0 amide bonds. The first-order valence-electron chi connectivity index (χ1n) is 10.8. The van der Waals surface area contributed by atoms with Crippen LogP contribution in [0.2, 0.25) is 5.02 Å². The minimum atomic E-state index is 0.633. The average molecular weight is 362 g/mol. The van der Waals surface area contributed by atoms with Gasteiger partial charge in [-0.3, -0.25) is 0 Å². The van der Waals surface area contributed by atoms with E-state index in [1.165, 1.54) is 88.2 Å². The Bertz CT molecular complexity index is 515. The minimum Gasteiger partial charge on any atom is -0.314 e. The highest BCUT2D eigenvalue weighted by atomic mass is 35.5. The molecule has 0 radical (unpaired) electrons. The molecule has 0 bridgehead atoms. The van der Waals surface area contributed by atoms with Crippen molar-refractivity contribution in [3.8, 4) is 0 Å². The maximum atomic E-state index is 6.70. The summed E-state index contributed by atoms with van der Waals surface area (Å²) in [6, 6.07) is 7.75. The predicted octanol–water partition coefficient (Wildman–Crippen LogP) is 7.19. The maximum Gasteiger partial charge on any atom is 0.0443 e. The van der Waals surface area contributed by atoms with E-state index < -0.39 is 0 Å². The van der Waals surface area contributed by atoms with Gasteiger partial charge in [-0.15, -0.1) is 0 Å². The standard InChI is InChI=1S/C23H36ClN/c1-2-18(15-16-25-21-11-7-4-8-12-21)20-13-14-22(23(24)17-20)19-9-5-3-6-10-19/h13-14,17-19,21,25H,2-12,15-16H2,1H3. The van der Waals surface area contributed by atoms with E-state index in [9.17, 15) is 0 Å². The summed E-state index contributed by atoms with van der Waals surface area (Å²) in [4.78, 5) is 0. The second-order valence-electron chi connectivity index (χ2n) is 8.30. The maximum absolute atomic E-state index is 6.70. The Hall–Kier alpha value is -0.530. The van der Waals surface area contributed by atoms with Crippen LogP contribution in [0.25, 0.3) is 0 Å². The van der Waals surface area contributed by atoms with E-state index in [1.807, 2.05) is 0 Å². The number of rotatable bonds is 7. The van der Waals surface area contributed by atoms with E-state index >= 15 is 0 Å². The van der Waals surface area contributed by atoms with Crippen LogP contribution in [-0.4, -0.2) is 12.6 Å². The van der Waals surface area contributed by atoms with Gasteiger partial charge < -0.3 is 5.32 Å². The van der Waals surface area contributed by atoms with Crippen LogP contribution in [0.1, 0.15) is 107 Å². The van der Waals surface area contributed by atoms with Gasteiger partial charge in [0.05, 0.1) is 0 Å². The second kappa shape index (κ2) is 9.97. The molecule has 25 heavy (non-hydrogen) atoms. The van der Waals surface area contributed by atoms with Crippen molar-refractivity contribution in [1.29, 1.82) is 0 Å². The van der Waals surface area contributed by atoms with Gasteiger partial charge in [-0.2, -0.15) is 0 Å². The summed E-state index contributed by atoms with van der Waals surface area (Å²) in [5, 5.41) is 4.82. The van der Waals surface area contributed by atoms with Crippen LogP contribution in [0.4, 0.5) is 0 Å². The highest BCUT2D eigenvalue weighted by molar-refractivity contribution is 6.31. The van der Waals surface area contributed by atoms with Crippen molar-refractivity contribution in [2.24, 2.45) is 0 Å². The lowest BCUT2D eigenvalue weighted by atomic mass is 9.83. The van der Waals surface area contributed by atoms with Crippen molar-refractivity contribution in [3.05, 3.63) is 34.3 Å². The zero-order valence-corrected chi connectivity index (χ0v) is 16.8. The van der Waals surface area contributed by atoms with Gasteiger partial charge >= 0.3 is 0 Å². The van der Waals surface area contributed by atoms with Crippen LogP contribution < -0.4 is 5.32 Å². The van der Waals surface area contributed by atoms with Crippen molar-refractivity contribution in [2.75, 3.05) is 6.54 Å². The zero-order valence-electron chi connectivity index (χ0n) is 16.0. The Morgan fingerprint density at radius 2 is 1.68 bits per heavy atom. The van der Waals surface area contributed by atoms with E-state index in [0.29, 0.717) is 11.8 Å². The summed E-state index contributed by atoms with van der Waals surface area (Å²) >= 11 is 6.70. The molecule has 0 aromatic heterocycles. The number of benzene rings is 1. The quantitative estimate of drug-likeness (QED) is 0.541. The Balaban J connectivity index is 1.55. The van der Waals surface area contributed by atoms with E-state index in [2.05, 4.69) is 30.4 Å². The fourth-order valence-electron chi connectivity index (χ4n) is 4.92. The van der Waals surface area contributed by atoms with Gasteiger partial charge in [-0.05, 0) is 74.1 Å². The van der Waals surface area contributed by atoms with Crippen LogP contribution in [-0.2, 0) is 0 Å². The minimum absolute atomic E-state index is 0.633. The van der Waals surface area contributed by atoms with Gasteiger partial charge in [-0.25, -0.2) is 0 Å². The number of halogens is 1. The van der Waals surface area contributed by atoms with Gasteiger partial charge in [0.2, 0.25) is 0 Å². The molecule has 1 atom stereocenters. The SMILES string of the molecule is CCC(CCNC1CCCCC1)c1ccc(C2CCCCC2)c(Cl)c1. The van der Waals surface area contributed by atoms with Crippen molar-refractivity contribution in [3.63, 3.8) is 0 Å². The topological polar surface area (TPSA) is 12.0 Å². The monoisotopic (exact) mass is 361 g/mol. The fraction of sp³-hybridized carbons (Fsp3) is 0.739. The molecule has 2 aliphatic carbocycles. The molecule has 0 aliphatic heterocycles. The molecule has 1 aromatic rings. The van der Waals surface area contributed by atoms with Crippen LogP contribution >= 0.6 is 11.6 Å². The molecule has 140 valence electrons. The molecule has 1 N–H and O–H groups in total. The first kappa shape index (κ1) is 19.2. The third-order valence-corrected chi connectivity index (χ3v) is 6.89. The molecule has 3 rings (SSSR count). The fourth-order valence-corrected chi connectivity index (χ4v) is 5.26. The Labute approximate surface area is 159 Å². The molecular weight excluding hydrogens is 326 g/mol. The van der Waals surface area contributed by atoms with Crippen molar-refractivity contribution in [2.45, 2.75) is 102 Å². The molecule has 2 saturated carbocycles. The first-order chi connectivity index (χ1) is 12.3. The van der Waals surface area contributed by atoms with E-state index in [4.69, 9.17) is 11.6 Å². The third kappa shape index (κ3) is 5.47. The Kier molecular flexibility index (Phi) is 7.67. The highest BCUT2D eigenvalue weighted by Gasteiger charge is 2.20. The van der Waals surface area contributed by atoms with Crippen molar-refractivity contribution in [1.82, 2.24) is 5.32 Å². The smallest absolute Gasteiger partial charge is 0.0443 e. The normalized spacial score (nSPS) is 21.4. The third-order valence-electron chi connectivity index (χ3n) is 6.56. The van der Waals surface area contributed by atoms with Crippen LogP contribution in [0.3, 0.4) is 0 Å². The van der Waals surface area contributed by atoms with Crippen molar-refractivity contribution >= 4 is 11.6 Å². The van der Waals surface area contributed by atoms with Gasteiger partial charge in [-0.1, -0.05) is 69.2 Å². The van der Waals surface area contributed by atoms with Gasteiger partial charge in [0, 0.05) is 11.1 Å². The summed E-state index contributed by atoms with van der Waals surface area (Å²) in [6.07, 6.45) is 16.2. The molecule has 1 unspecified atom stereocenters. The van der Waals surface area contributed by atoms with E-state index in [-0.39, 0.29) is 0 Å². The summed E-state index contributed by atoms with van der Waals surface area (Å²) in [7, 11) is 0. The molecular formula is C23H36ClN. The second-order valence-corrected chi connectivity index (χ2v) is 8.71. The lowest BCUT2D eigenvalue weighted by molar-refractivity contribution is 0.366. The summed E-state index contributed by atoms with van der Waals surface area (Å²) in [5.74, 6) is 1.33. The molecule has 0 spiro atoms. The summed E-state index contributed by atoms with van der Waals surface area (Å²) in [5.41, 5.74) is 2.85. The molecule has 1 aromatic carbocycles. The number of hydrogen-bond donors (Lipinski definition) is 1. The zero-order chi connectivity index (χ0) is 17.5. The van der Waals surface area contributed by atoms with Gasteiger partial charge in [0.1, 0.15) is 0 Å². The van der Waals surface area contributed by atoms with Gasteiger partial charge in [0.25, 0.3) is 0 Å². The number of nitrogens with one attached hydrogen (secondary N) is 1. The molecule has 0 heterocycles.